The summed E-state index contributed by atoms with van der Waals surface area (Å²) in [6, 6.07) is 7.37. The normalized spacial score (nSPS) is 10.5. The number of carbonyl (C=O) groups is 1. The monoisotopic (exact) mass is 180 g/mol. The third-order valence-electron chi connectivity index (χ3n) is 1.55. The molecule has 0 bridgehead atoms. The summed E-state index contributed by atoms with van der Waals surface area (Å²) in [5.74, 6) is -0.0648. The van der Waals surface area contributed by atoms with Gasteiger partial charge in [-0.3, -0.25) is 4.79 Å². The number of hydrogen-bond acceptors (Lipinski definition) is 1. The first-order valence-corrected chi connectivity index (χ1v) is 4.05. The van der Waals surface area contributed by atoms with Crippen LogP contribution in [0.4, 0.5) is 0 Å². The summed E-state index contributed by atoms with van der Waals surface area (Å²) in [4.78, 5) is 11.2. The Morgan fingerprint density at radius 3 is 2.42 bits per heavy atom. The van der Waals surface area contributed by atoms with Crippen LogP contribution in [0.5, 0.6) is 0 Å². The highest BCUT2D eigenvalue weighted by Gasteiger charge is 1.98. The van der Waals surface area contributed by atoms with Crippen LogP contribution in [0.1, 0.15) is 15.9 Å². The van der Waals surface area contributed by atoms with E-state index in [2.05, 4.69) is 0 Å². The maximum Gasteiger partial charge on any atom is 0.186 e. The van der Waals surface area contributed by atoms with Crippen molar-refractivity contribution in [3.8, 4) is 0 Å². The maximum absolute atomic E-state index is 11.2. The zero-order valence-corrected chi connectivity index (χ0v) is 7.51. The molecule has 0 unspecified atom stereocenters. The van der Waals surface area contributed by atoms with E-state index in [1.54, 1.807) is 12.1 Å². The van der Waals surface area contributed by atoms with Crippen LogP contribution in [0, 0.1) is 6.92 Å². The molecule has 0 spiro atoms. The van der Waals surface area contributed by atoms with Gasteiger partial charge in [0.15, 0.2) is 5.78 Å². The molecular weight excluding hydrogens is 172 g/mol. The molecule has 1 aromatic carbocycles. The van der Waals surface area contributed by atoms with Gasteiger partial charge in [-0.2, -0.15) is 0 Å². The Kier molecular flexibility index (Phi) is 3.06. The van der Waals surface area contributed by atoms with E-state index in [0.29, 0.717) is 5.56 Å². The first-order chi connectivity index (χ1) is 5.74. The Hall–Kier alpha value is -1.08. The van der Waals surface area contributed by atoms with Gasteiger partial charge in [-0.05, 0) is 13.0 Å². The molecule has 0 saturated carbocycles. The summed E-state index contributed by atoms with van der Waals surface area (Å²) in [5.41, 5.74) is 3.03. The van der Waals surface area contributed by atoms with Gasteiger partial charge in [0.25, 0.3) is 0 Å². The molecule has 62 valence electrons. The minimum absolute atomic E-state index is 0.0648. The number of allylic oxidation sites excluding steroid dienone is 1. The fourth-order valence-electron chi connectivity index (χ4n) is 0.871. The zero-order valence-electron chi connectivity index (χ0n) is 6.75. The topological polar surface area (TPSA) is 17.1 Å². The molecule has 12 heavy (non-hydrogen) atoms. The molecule has 0 aliphatic rings. The largest absolute Gasteiger partial charge is 0.289 e. The molecule has 0 aromatic heterocycles. The van der Waals surface area contributed by atoms with Gasteiger partial charge in [0.2, 0.25) is 0 Å². The Morgan fingerprint density at radius 1 is 1.33 bits per heavy atom. The van der Waals surface area contributed by atoms with Crippen molar-refractivity contribution in [1.29, 1.82) is 0 Å². The molecule has 0 fully saturated rings. The second-order valence-electron chi connectivity index (χ2n) is 2.52. The number of halogens is 1. The van der Waals surface area contributed by atoms with E-state index in [4.69, 9.17) is 11.6 Å². The average molecular weight is 181 g/mol. The third kappa shape index (κ3) is 2.21. The summed E-state index contributed by atoms with van der Waals surface area (Å²) >= 11 is 5.28. The van der Waals surface area contributed by atoms with Crippen molar-refractivity contribution in [2.75, 3.05) is 0 Å². The van der Waals surface area contributed by atoms with Crippen molar-refractivity contribution in [3.63, 3.8) is 0 Å². The molecule has 0 atom stereocenters. The minimum Gasteiger partial charge on any atom is -0.289 e. The average Bonchev–Trinajstić information content (AvgIpc) is 2.06. The summed E-state index contributed by atoms with van der Waals surface area (Å²) < 4.78 is 0. The van der Waals surface area contributed by atoms with Crippen LogP contribution in [0.25, 0.3) is 0 Å². The predicted molar refractivity (Wildman–Crippen MR) is 50.5 cm³/mol. The third-order valence-corrected chi connectivity index (χ3v) is 1.68. The van der Waals surface area contributed by atoms with E-state index >= 15 is 0 Å². The Bertz CT molecular complexity index is 298. The lowest BCUT2D eigenvalue weighted by molar-refractivity contribution is 0.104. The molecular formula is C10H9ClO. The van der Waals surface area contributed by atoms with Crippen LogP contribution in [0.15, 0.2) is 35.9 Å². The van der Waals surface area contributed by atoms with Crippen LogP contribution in [-0.2, 0) is 0 Å². The predicted octanol–water partition coefficient (Wildman–Crippen LogP) is 2.93. The molecule has 0 saturated heterocycles. The summed E-state index contributed by atoms with van der Waals surface area (Å²) in [7, 11) is 0. The minimum atomic E-state index is -0.0648. The Morgan fingerprint density at radius 2 is 1.92 bits per heavy atom. The van der Waals surface area contributed by atoms with E-state index in [1.807, 2.05) is 19.1 Å². The second-order valence-corrected chi connectivity index (χ2v) is 2.77. The summed E-state index contributed by atoms with van der Waals surface area (Å²) in [5, 5.41) is 0. The standard InChI is InChI=1S/C10H9ClO/c1-8-2-4-9(5-3-8)10(12)6-7-11/h2-7H,1H3/b7-6+. The van der Waals surface area contributed by atoms with Crippen LogP contribution in [-0.4, -0.2) is 5.78 Å². The highest BCUT2D eigenvalue weighted by Crippen LogP contribution is 2.04. The first kappa shape index (κ1) is 9.01. The number of carbonyl (C=O) groups excluding carboxylic acids is 1. The lowest BCUT2D eigenvalue weighted by Gasteiger charge is -1.95. The molecule has 0 radical (unpaired) electrons. The van der Waals surface area contributed by atoms with E-state index in [0.717, 1.165) is 5.56 Å². The van der Waals surface area contributed by atoms with Gasteiger partial charge >= 0.3 is 0 Å². The number of benzene rings is 1. The van der Waals surface area contributed by atoms with Crippen molar-refractivity contribution < 1.29 is 4.79 Å². The quantitative estimate of drug-likeness (QED) is 0.505. The fourth-order valence-corrected chi connectivity index (χ4v) is 0.986. The van der Waals surface area contributed by atoms with Gasteiger partial charge in [0, 0.05) is 11.1 Å². The Balaban J connectivity index is 2.90. The van der Waals surface area contributed by atoms with Gasteiger partial charge in [0.1, 0.15) is 0 Å². The van der Waals surface area contributed by atoms with Crippen molar-refractivity contribution in [1.82, 2.24) is 0 Å². The van der Waals surface area contributed by atoms with Crippen molar-refractivity contribution in [3.05, 3.63) is 47.0 Å². The molecule has 0 aliphatic carbocycles. The van der Waals surface area contributed by atoms with E-state index in [9.17, 15) is 4.79 Å². The molecule has 1 aromatic rings. The molecule has 0 N–H and O–H groups in total. The van der Waals surface area contributed by atoms with Crippen molar-refractivity contribution >= 4 is 17.4 Å². The summed E-state index contributed by atoms with van der Waals surface area (Å²) in [6.45, 7) is 1.98. The molecule has 2 heteroatoms. The van der Waals surface area contributed by atoms with E-state index in [-0.39, 0.29) is 5.78 Å². The van der Waals surface area contributed by atoms with Crippen LogP contribution >= 0.6 is 11.6 Å². The van der Waals surface area contributed by atoms with Crippen molar-refractivity contribution in [2.24, 2.45) is 0 Å². The van der Waals surface area contributed by atoms with E-state index < -0.39 is 0 Å². The van der Waals surface area contributed by atoms with Crippen molar-refractivity contribution in [2.45, 2.75) is 6.92 Å². The maximum atomic E-state index is 11.2. The molecule has 0 heterocycles. The molecule has 0 amide bonds. The highest BCUT2D eigenvalue weighted by atomic mass is 35.5. The second kappa shape index (κ2) is 4.07. The lowest BCUT2D eigenvalue weighted by atomic mass is 10.1. The number of aryl methyl sites for hydroxylation is 1. The van der Waals surface area contributed by atoms with Gasteiger partial charge in [-0.25, -0.2) is 0 Å². The summed E-state index contributed by atoms with van der Waals surface area (Å²) in [6.07, 6.45) is 1.34. The fraction of sp³-hybridized carbons (Fsp3) is 0.100. The van der Waals surface area contributed by atoms with Crippen LogP contribution < -0.4 is 0 Å². The zero-order chi connectivity index (χ0) is 8.97. The van der Waals surface area contributed by atoms with E-state index in [1.165, 1.54) is 11.6 Å². The van der Waals surface area contributed by atoms with Crippen LogP contribution in [0.3, 0.4) is 0 Å². The highest BCUT2D eigenvalue weighted by molar-refractivity contribution is 6.27. The molecule has 1 rings (SSSR count). The molecule has 0 aliphatic heterocycles. The molecule has 1 nitrogen and oxygen atoms in total. The number of hydrogen-bond donors (Lipinski definition) is 0. The smallest absolute Gasteiger partial charge is 0.186 e. The number of rotatable bonds is 2. The first-order valence-electron chi connectivity index (χ1n) is 3.62. The number of ketones is 1. The van der Waals surface area contributed by atoms with Crippen LogP contribution in [0.2, 0.25) is 0 Å². The van der Waals surface area contributed by atoms with Gasteiger partial charge in [-0.15, -0.1) is 0 Å². The Labute approximate surface area is 76.7 Å². The van der Waals surface area contributed by atoms with Gasteiger partial charge in [-0.1, -0.05) is 41.4 Å². The van der Waals surface area contributed by atoms with Gasteiger partial charge < -0.3 is 0 Å². The lowest BCUT2D eigenvalue weighted by Crippen LogP contribution is -1.92. The SMILES string of the molecule is Cc1ccc(C(=O)/C=C/Cl)cc1. The van der Waals surface area contributed by atoms with Gasteiger partial charge in [0.05, 0.1) is 0 Å².